The number of hydrogen-bond acceptors (Lipinski definition) is 3. The highest BCUT2D eigenvalue weighted by atomic mass is 16.2. The molecule has 0 aliphatic carbocycles. The number of nitrogens with zero attached hydrogens (tertiary/aromatic N) is 2. The van der Waals surface area contributed by atoms with E-state index in [4.69, 9.17) is 0 Å². The van der Waals surface area contributed by atoms with Gasteiger partial charge in [0.1, 0.15) is 0 Å². The van der Waals surface area contributed by atoms with Gasteiger partial charge in [-0.1, -0.05) is 51.1 Å². The molecule has 0 saturated carbocycles. The minimum Gasteiger partial charge on any atom is -0.356 e. The Hall–Kier alpha value is -1.88. The molecule has 0 radical (unpaired) electrons. The van der Waals surface area contributed by atoms with E-state index in [0.717, 1.165) is 58.3 Å². The lowest BCUT2D eigenvalue weighted by Gasteiger charge is -2.42. The summed E-state index contributed by atoms with van der Waals surface area (Å²) in [5, 5.41) is 3.13. The fraction of sp³-hybridized carbons (Fsp3) is 0.680. The first-order valence-corrected chi connectivity index (χ1v) is 11.7. The van der Waals surface area contributed by atoms with Crippen LogP contribution in [-0.2, 0) is 16.0 Å². The third-order valence-electron chi connectivity index (χ3n) is 6.47. The second-order valence-corrected chi connectivity index (χ2v) is 10.2. The Morgan fingerprint density at radius 1 is 0.967 bits per heavy atom. The zero-order chi connectivity index (χ0) is 21.6. The lowest BCUT2D eigenvalue weighted by Crippen LogP contribution is -2.50. The number of benzene rings is 1. The molecule has 1 aromatic rings. The van der Waals surface area contributed by atoms with Crippen LogP contribution in [0.3, 0.4) is 0 Å². The van der Waals surface area contributed by atoms with Crippen LogP contribution in [0.25, 0.3) is 0 Å². The van der Waals surface area contributed by atoms with Crippen molar-refractivity contribution in [3.8, 4) is 0 Å². The third-order valence-corrected chi connectivity index (χ3v) is 6.47. The Kier molecular flexibility index (Phi) is 7.93. The SMILES string of the molecule is CC(C)(C)CC(=O)N1CCC(N2CCC(C(=O)NCCc3ccccc3)CC2)CC1. The van der Waals surface area contributed by atoms with E-state index in [0.29, 0.717) is 24.9 Å². The molecule has 0 spiro atoms. The van der Waals surface area contributed by atoms with Crippen molar-refractivity contribution in [1.29, 1.82) is 0 Å². The van der Waals surface area contributed by atoms with Crippen LogP contribution in [0.1, 0.15) is 58.4 Å². The predicted octanol–water partition coefficient (Wildman–Crippen LogP) is 3.48. The number of carbonyl (C=O) groups is 2. The zero-order valence-electron chi connectivity index (χ0n) is 19.0. The fourth-order valence-electron chi connectivity index (χ4n) is 4.69. The Bertz CT molecular complexity index is 682. The van der Waals surface area contributed by atoms with Gasteiger partial charge >= 0.3 is 0 Å². The van der Waals surface area contributed by atoms with Crippen molar-refractivity contribution in [3.63, 3.8) is 0 Å². The maximum Gasteiger partial charge on any atom is 0.223 e. The summed E-state index contributed by atoms with van der Waals surface area (Å²) < 4.78 is 0. The summed E-state index contributed by atoms with van der Waals surface area (Å²) in [5.41, 5.74) is 1.32. The zero-order valence-corrected chi connectivity index (χ0v) is 19.0. The molecule has 30 heavy (non-hydrogen) atoms. The molecule has 0 bridgehead atoms. The van der Waals surface area contributed by atoms with Crippen LogP contribution in [0.5, 0.6) is 0 Å². The summed E-state index contributed by atoms with van der Waals surface area (Å²) in [7, 11) is 0. The molecule has 2 fully saturated rings. The van der Waals surface area contributed by atoms with E-state index in [9.17, 15) is 9.59 Å². The van der Waals surface area contributed by atoms with Crippen LogP contribution in [0.2, 0.25) is 0 Å². The van der Waals surface area contributed by atoms with Crippen LogP contribution in [0, 0.1) is 11.3 Å². The van der Waals surface area contributed by atoms with Crippen molar-refractivity contribution in [1.82, 2.24) is 15.1 Å². The molecule has 1 aromatic carbocycles. The van der Waals surface area contributed by atoms with Crippen molar-refractivity contribution < 1.29 is 9.59 Å². The number of carbonyl (C=O) groups excluding carboxylic acids is 2. The Morgan fingerprint density at radius 3 is 2.20 bits per heavy atom. The molecule has 5 nitrogen and oxygen atoms in total. The second-order valence-electron chi connectivity index (χ2n) is 10.2. The van der Waals surface area contributed by atoms with Gasteiger partial charge in [-0.25, -0.2) is 0 Å². The molecule has 2 saturated heterocycles. The van der Waals surface area contributed by atoms with Crippen molar-refractivity contribution >= 4 is 11.8 Å². The van der Waals surface area contributed by atoms with Gasteiger partial charge in [0.15, 0.2) is 0 Å². The first-order valence-electron chi connectivity index (χ1n) is 11.7. The topological polar surface area (TPSA) is 52.7 Å². The molecule has 0 aromatic heterocycles. The molecule has 0 atom stereocenters. The highest BCUT2D eigenvalue weighted by molar-refractivity contribution is 5.78. The van der Waals surface area contributed by atoms with Crippen LogP contribution in [0.4, 0.5) is 0 Å². The van der Waals surface area contributed by atoms with E-state index in [1.54, 1.807) is 0 Å². The minimum absolute atomic E-state index is 0.0531. The van der Waals surface area contributed by atoms with E-state index in [-0.39, 0.29) is 17.2 Å². The molecule has 2 aliphatic rings. The highest BCUT2D eigenvalue weighted by Crippen LogP contribution is 2.26. The van der Waals surface area contributed by atoms with Crippen LogP contribution < -0.4 is 5.32 Å². The smallest absolute Gasteiger partial charge is 0.223 e. The van der Waals surface area contributed by atoms with Gasteiger partial charge in [0.25, 0.3) is 0 Å². The number of rotatable bonds is 6. The molecular weight excluding hydrogens is 374 g/mol. The van der Waals surface area contributed by atoms with Gasteiger partial charge in [-0.2, -0.15) is 0 Å². The summed E-state index contributed by atoms with van der Waals surface area (Å²) >= 11 is 0. The van der Waals surface area contributed by atoms with Crippen LogP contribution in [0.15, 0.2) is 30.3 Å². The fourth-order valence-corrected chi connectivity index (χ4v) is 4.69. The first kappa shape index (κ1) is 22.8. The molecule has 3 rings (SSSR count). The largest absolute Gasteiger partial charge is 0.356 e. The second kappa shape index (κ2) is 10.4. The number of likely N-dealkylation sites (tertiary alicyclic amines) is 2. The van der Waals surface area contributed by atoms with E-state index in [1.165, 1.54) is 5.56 Å². The lowest BCUT2D eigenvalue weighted by molar-refractivity contribution is -0.135. The number of amides is 2. The Labute approximate surface area is 182 Å². The van der Waals surface area contributed by atoms with Crippen molar-refractivity contribution in [3.05, 3.63) is 35.9 Å². The maximum absolute atomic E-state index is 12.5. The summed E-state index contributed by atoms with van der Waals surface area (Å²) in [6, 6.07) is 10.9. The summed E-state index contributed by atoms with van der Waals surface area (Å²) in [4.78, 5) is 29.6. The third kappa shape index (κ3) is 6.83. The molecule has 0 unspecified atom stereocenters. The average molecular weight is 414 g/mol. The number of piperidine rings is 2. The van der Waals surface area contributed by atoms with Gasteiger partial charge in [0.2, 0.25) is 11.8 Å². The van der Waals surface area contributed by atoms with Crippen molar-refractivity contribution in [2.45, 2.75) is 65.3 Å². The van der Waals surface area contributed by atoms with E-state index >= 15 is 0 Å². The molecular formula is C25H39N3O2. The molecule has 5 heteroatoms. The standard InChI is InChI=1S/C25H39N3O2/c1-25(2,3)19-23(29)28-17-12-22(13-18-28)27-15-10-21(11-16-27)24(30)26-14-9-20-7-5-4-6-8-20/h4-8,21-22H,9-19H2,1-3H3,(H,26,30). The van der Waals surface area contributed by atoms with Crippen molar-refractivity contribution in [2.75, 3.05) is 32.7 Å². The average Bonchev–Trinajstić information content (AvgIpc) is 2.73. The minimum atomic E-state index is 0.0531. The molecule has 2 heterocycles. The van der Waals surface area contributed by atoms with Crippen LogP contribution >= 0.6 is 0 Å². The molecule has 1 N–H and O–H groups in total. The predicted molar refractivity (Wildman–Crippen MR) is 121 cm³/mol. The molecule has 166 valence electrons. The van der Waals surface area contributed by atoms with Gasteiger partial charge in [0.05, 0.1) is 0 Å². The summed E-state index contributed by atoms with van der Waals surface area (Å²) in [6.45, 7) is 10.8. The maximum atomic E-state index is 12.5. The molecule has 2 amide bonds. The Morgan fingerprint density at radius 2 is 1.60 bits per heavy atom. The van der Waals surface area contributed by atoms with Crippen molar-refractivity contribution in [2.24, 2.45) is 11.3 Å². The summed E-state index contributed by atoms with van der Waals surface area (Å²) in [5.74, 6) is 0.658. The summed E-state index contributed by atoms with van der Waals surface area (Å²) in [6.07, 6.45) is 5.52. The normalized spacial score (nSPS) is 19.6. The van der Waals surface area contributed by atoms with Gasteiger partial charge in [-0.05, 0) is 56.2 Å². The lowest BCUT2D eigenvalue weighted by atomic mass is 9.90. The first-order chi connectivity index (χ1) is 14.3. The monoisotopic (exact) mass is 413 g/mol. The number of hydrogen-bond donors (Lipinski definition) is 1. The molecule has 2 aliphatic heterocycles. The van der Waals surface area contributed by atoms with Gasteiger partial charge in [-0.3, -0.25) is 9.59 Å². The van der Waals surface area contributed by atoms with E-state index in [2.05, 4.69) is 48.0 Å². The van der Waals surface area contributed by atoms with Gasteiger partial charge < -0.3 is 15.1 Å². The van der Waals surface area contributed by atoms with Gasteiger partial charge in [0, 0.05) is 38.0 Å². The Balaban J connectivity index is 1.34. The van der Waals surface area contributed by atoms with Gasteiger partial charge in [-0.15, -0.1) is 0 Å². The quantitative estimate of drug-likeness (QED) is 0.777. The highest BCUT2D eigenvalue weighted by Gasteiger charge is 2.32. The van der Waals surface area contributed by atoms with E-state index < -0.39 is 0 Å². The number of nitrogens with one attached hydrogen (secondary N) is 1. The van der Waals surface area contributed by atoms with E-state index in [1.807, 2.05) is 18.2 Å². The van der Waals surface area contributed by atoms with Crippen LogP contribution in [-0.4, -0.2) is 60.4 Å².